The van der Waals surface area contributed by atoms with Crippen LogP contribution in [-0.4, -0.2) is 15.2 Å². The van der Waals surface area contributed by atoms with Crippen LogP contribution in [0.4, 0.5) is 5.69 Å². The van der Waals surface area contributed by atoms with Crippen LogP contribution in [0.2, 0.25) is 0 Å². The minimum atomic E-state index is -0.0958. The van der Waals surface area contributed by atoms with Gasteiger partial charge in [-0.1, -0.05) is 36.1 Å². The predicted molar refractivity (Wildman–Crippen MR) is 90.6 cm³/mol. The molecule has 2 aromatic rings. The summed E-state index contributed by atoms with van der Waals surface area (Å²) in [6, 6.07) is 11.3. The zero-order chi connectivity index (χ0) is 14.1. The van der Waals surface area contributed by atoms with Gasteiger partial charge in [-0.25, -0.2) is 0 Å². The summed E-state index contributed by atoms with van der Waals surface area (Å²) in [7, 11) is 0. The van der Waals surface area contributed by atoms with Crippen molar-refractivity contribution in [2.45, 2.75) is 0 Å². The van der Waals surface area contributed by atoms with Gasteiger partial charge in [0.25, 0.3) is 5.91 Å². The van der Waals surface area contributed by atoms with E-state index in [0.29, 0.717) is 9.23 Å². The zero-order valence-electron chi connectivity index (χ0n) is 10.2. The van der Waals surface area contributed by atoms with Gasteiger partial charge in [-0.15, -0.1) is 0 Å². The van der Waals surface area contributed by atoms with E-state index in [1.807, 2.05) is 48.7 Å². The van der Waals surface area contributed by atoms with Gasteiger partial charge in [0.2, 0.25) is 0 Å². The topological polar surface area (TPSA) is 36.1 Å². The molecule has 3 rings (SSSR count). The molecule has 0 unspecified atom stereocenters. The van der Waals surface area contributed by atoms with E-state index in [4.69, 9.17) is 12.2 Å². The maximum Gasteiger partial charge on any atom is 0.270 e. The first kappa shape index (κ1) is 13.6. The Balaban J connectivity index is 1.98. The summed E-state index contributed by atoms with van der Waals surface area (Å²) in [5.41, 5.74) is 1.66. The van der Waals surface area contributed by atoms with E-state index in [1.54, 1.807) is 4.90 Å². The minimum Gasteiger partial charge on any atom is -0.362 e. The van der Waals surface area contributed by atoms with Gasteiger partial charge < -0.3 is 4.98 Å². The predicted octanol–water partition coefficient (Wildman–Crippen LogP) is 4.18. The monoisotopic (exact) mass is 364 g/mol. The van der Waals surface area contributed by atoms with Crippen LogP contribution >= 0.6 is 39.9 Å². The van der Waals surface area contributed by atoms with Crippen molar-refractivity contribution in [2.75, 3.05) is 4.90 Å². The van der Waals surface area contributed by atoms with Crippen LogP contribution in [0.15, 0.2) is 52.0 Å². The van der Waals surface area contributed by atoms with Gasteiger partial charge in [0, 0.05) is 16.4 Å². The third kappa shape index (κ3) is 2.46. The van der Waals surface area contributed by atoms with Crippen LogP contribution in [0.25, 0.3) is 6.08 Å². The molecule has 3 nitrogen and oxygen atoms in total. The summed E-state index contributed by atoms with van der Waals surface area (Å²) in [4.78, 5) is 17.7. The number of carbonyl (C=O) groups excluding carboxylic acids is 1. The fraction of sp³-hybridized carbons (Fsp3) is 0. The van der Waals surface area contributed by atoms with E-state index < -0.39 is 0 Å². The molecule has 0 spiro atoms. The molecule has 1 aromatic heterocycles. The van der Waals surface area contributed by atoms with Crippen molar-refractivity contribution >= 4 is 61.9 Å². The number of rotatable bonds is 2. The van der Waals surface area contributed by atoms with Gasteiger partial charge in [0.15, 0.2) is 4.32 Å². The second-order valence-electron chi connectivity index (χ2n) is 4.09. The molecule has 0 bridgehead atoms. The summed E-state index contributed by atoms with van der Waals surface area (Å²) in [6.45, 7) is 0. The number of thiocarbonyl (C=S) groups is 1. The van der Waals surface area contributed by atoms with Crippen molar-refractivity contribution in [3.63, 3.8) is 0 Å². The fourth-order valence-electron chi connectivity index (χ4n) is 1.88. The van der Waals surface area contributed by atoms with E-state index in [9.17, 15) is 4.79 Å². The van der Waals surface area contributed by atoms with Crippen LogP contribution in [-0.2, 0) is 4.79 Å². The molecule has 0 atom stereocenters. The molecule has 1 N–H and O–H groups in total. The number of hydrogen-bond acceptors (Lipinski definition) is 3. The Bertz CT molecular complexity index is 710. The molecule has 1 aliphatic rings. The number of nitrogens with one attached hydrogen (secondary N) is 1. The van der Waals surface area contributed by atoms with Crippen molar-refractivity contribution in [3.05, 3.63) is 57.7 Å². The van der Waals surface area contributed by atoms with Crippen LogP contribution in [0.3, 0.4) is 0 Å². The number of anilines is 1. The number of aromatic nitrogens is 1. The molecule has 1 fully saturated rings. The summed E-state index contributed by atoms with van der Waals surface area (Å²) in [5, 5.41) is 0. The summed E-state index contributed by atoms with van der Waals surface area (Å²) in [5.74, 6) is -0.0958. The molecule has 20 heavy (non-hydrogen) atoms. The highest BCUT2D eigenvalue weighted by Gasteiger charge is 2.34. The number of aromatic amines is 1. The molecular weight excluding hydrogens is 356 g/mol. The lowest BCUT2D eigenvalue weighted by atomic mass is 10.3. The number of thioether (sulfide) groups is 1. The third-order valence-corrected chi connectivity index (χ3v) is 4.77. The molecule has 100 valence electrons. The van der Waals surface area contributed by atoms with Crippen molar-refractivity contribution in [3.8, 4) is 0 Å². The van der Waals surface area contributed by atoms with Crippen LogP contribution < -0.4 is 4.90 Å². The van der Waals surface area contributed by atoms with Crippen molar-refractivity contribution in [1.29, 1.82) is 0 Å². The Kier molecular flexibility index (Phi) is 3.78. The lowest BCUT2D eigenvalue weighted by molar-refractivity contribution is -0.113. The fourth-order valence-corrected chi connectivity index (χ4v) is 3.62. The summed E-state index contributed by atoms with van der Waals surface area (Å²) < 4.78 is 1.39. The first-order chi connectivity index (χ1) is 9.66. The second kappa shape index (κ2) is 5.55. The van der Waals surface area contributed by atoms with Crippen molar-refractivity contribution in [2.24, 2.45) is 0 Å². The molecule has 1 aliphatic heterocycles. The smallest absolute Gasteiger partial charge is 0.270 e. The maximum atomic E-state index is 12.5. The number of benzene rings is 1. The maximum absolute atomic E-state index is 12.5. The van der Waals surface area contributed by atoms with Crippen molar-refractivity contribution in [1.82, 2.24) is 4.98 Å². The molecule has 1 saturated heterocycles. The van der Waals surface area contributed by atoms with Crippen LogP contribution in [0.5, 0.6) is 0 Å². The summed E-state index contributed by atoms with van der Waals surface area (Å²) >= 11 is 10.1. The van der Waals surface area contributed by atoms with Gasteiger partial charge in [0.1, 0.15) is 0 Å². The van der Waals surface area contributed by atoms with Gasteiger partial charge in [-0.2, -0.15) is 0 Å². The number of nitrogens with zero attached hydrogens (tertiary/aromatic N) is 1. The zero-order valence-corrected chi connectivity index (χ0v) is 13.4. The molecule has 1 aromatic carbocycles. The normalized spacial score (nSPS) is 17.2. The van der Waals surface area contributed by atoms with Crippen molar-refractivity contribution < 1.29 is 4.79 Å². The van der Waals surface area contributed by atoms with E-state index >= 15 is 0 Å². The first-order valence-corrected chi connectivity index (χ1v) is 7.84. The quantitative estimate of drug-likeness (QED) is 0.641. The van der Waals surface area contributed by atoms with Gasteiger partial charge in [0.05, 0.1) is 10.6 Å². The van der Waals surface area contributed by atoms with E-state index in [2.05, 4.69) is 20.9 Å². The molecule has 6 heteroatoms. The Hall–Kier alpha value is -1.37. The second-order valence-corrected chi connectivity index (χ2v) is 6.62. The first-order valence-electron chi connectivity index (χ1n) is 5.83. The lowest BCUT2D eigenvalue weighted by Crippen LogP contribution is -2.27. The Morgan fingerprint density at radius 3 is 2.75 bits per heavy atom. The average Bonchev–Trinajstić information content (AvgIpc) is 3.01. The van der Waals surface area contributed by atoms with E-state index in [0.717, 1.165) is 15.9 Å². The largest absolute Gasteiger partial charge is 0.362 e. The van der Waals surface area contributed by atoms with Gasteiger partial charge in [-0.05, 0) is 46.3 Å². The number of halogens is 1. The number of carbonyl (C=O) groups is 1. The minimum absolute atomic E-state index is 0.0958. The van der Waals surface area contributed by atoms with Crippen LogP contribution in [0.1, 0.15) is 5.69 Å². The molecule has 1 amide bonds. The van der Waals surface area contributed by atoms with E-state index in [-0.39, 0.29) is 5.91 Å². The number of amides is 1. The highest BCUT2D eigenvalue weighted by molar-refractivity contribution is 9.10. The van der Waals surface area contributed by atoms with Gasteiger partial charge in [-0.3, -0.25) is 9.69 Å². The Morgan fingerprint density at radius 2 is 2.05 bits per heavy atom. The summed E-state index contributed by atoms with van der Waals surface area (Å²) in [6.07, 6.45) is 3.64. The SMILES string of the molecule is O=C1/C(=C/c2ccc[nH]2)SC(=S)N1c1ccccc1Br. The number of H-pyrrole nitrogens is 1. The molecule has 0 aliphatic carbocycles. The molecule has 0 saturated carbocycles. The number of hydrogen-bond donors (Lipinski definition) is 1. The highest BCUT2D eigenvalue weighted by Crippen LogP contribution is 2.38. The molecule has 2 heterocycles. The molecule has 0 radical (unpaired) electrons. The Labute approximate surface area is 134 Å². The highest BCUT2D eigenvalue weighted by atomic mass is 79.9. The average molecular weight is 365 g/mol. The Morgan fingerprint density at radius 1 is 1.25 bits per heavy atom. The molecular formula is C14H9BrN2OS2. The van der Waals surface area contributed by atoms with Crippen LogP contribution in [0, 0.1) is 0 Å². The van der Waals surface area contributed by atoms with E-state index in [1.165, 1.54) is 11.8 Å². The number of para-hydroxylation sites is 1. The standard InChI is InChI=1S/C14H9BrN2OS2/c15-10-5-1-2-6-11(10)17-13(18)12(20-14(17)19)8-9-4-3-7-16-9/h1-8,16H/b12-8-. The lowest BCUT2D eigenvalue weighted by Gasteiger charge is -2.15. The third-order valence-electron chi connectivity index (χ3n) is 2.80. The van der Waals surface area contributed by atoms with Gasteiger partial charge >= 0.3 is 0 Å².